The molecular formula is C22H24ClN5O5S. The van der Waals surface area contributed by atoms with Gasteiger partial charge in [-0.3, -0.25) is 12.9 Å². The van der Waals surface area contributed by atoms with Crippen molar-refractivity contribution in [1.29, 1.82) is 0 Å². The molecule has 12 heteroatoms. The number of benzene rings is 1. The molecular weight excluding hydrogens is 482 g/mol. The predicted molar refractivity (Wildman–Crippen MR) is 124 cm³/mol. The molecule has 4 heterocycles. The second kappa shape index (κ2) is 9.48. The van der Waals surface area contributed by atoms with Crippen molar-refractivity contribution in [1.82, 2.24) is 19.5 Å². The minimum atomic E-state index is -1.83. The summed E-state index contributed by atoms with van der Waals surface area (Å²) in [7, 11) is 0. The molecule has 0 bridgehead atoms. The van der Waals surface area contributed by atoms with Crippen LogP contribution in [0.15, 0.2) is 43.0 Å². The van der Waals surface area contributed by atoms with Crippen molar-refractivity contribution in [2.24, 2.45) is 0 Å². The van der Waals surface area contributed by atoms with E-state index in [-0.39, 0.29) is 18.0 Å². The van der Waals surface area contributed by atoms with E-state index in [9.17, 15) is 4.21 Å². The maximum absolute atomic E-state index is 11.8. The van der Waals surface area contributed by atoms with Crippen molar-refractivity contribution in [2.75, 3.05) is 11.2 Å². The number of nitrogens with zero attached hydrogens (tertiary/aromatic N) is 4. The lowest BCUT2D eigenvalue weighted by Crippen LogP contribution is -2.31. The first-order chi connectivity index (χ1) is 16.7. The van der Waals surface area contributed by atoms with Gasteiger partial charge in [-0.05, 0) is 24.8 Å². The molecule has 34 heavy (non-hydrogen) atoms. The smallest absolute Gasteiger partial charge is 0.305 e. The number of rotatable bonds is 7. The van der Waals surface area contributed by atoms with Gasteiger partial charge in [0.05, 0.1) is 31.0 Å². The Morgan fingerprint density at radius 2 is 2.00 bits per heavy atom. The average Bonchev–Trinajstić information content (AvgIpc) is 3.62. The number of hydrogen-bond donors (Lipinski definition) is 1. The van der Waals surface area contributed by atoms with Crippen molar-refractivity contribution in [2.45, 2.75) is 62.6 Å². The van der Waals surface area contributed by atoms with Gasteiger partial charge in [-0.15, -0.1) is 11.6 Å². The minimum Gasteiger partial charge on any atom is -0.371 e. The summed E-state index contributed by atoms with van der Waals surface area (Å²) in [5, 5.41) is 3.53. The quantitative estimate of drug-likeness (QED) is 0.484. The fourth-order valence-corrected chi connectivity index (χ4v) is 5.96. The fraction of sp³-hybridized carbons (Fsp3) is 0.500. The first-order valence-electron chi connectivity index (χ1n) is 11.3. The van der Waals surface area contributed by atoms with Gasteiger partial charge in [0, 0.05) is 0 Å². The van der Waals surface area contributed by atoms with Gasteiger partial charge >= 0.3 is 11.4 Å². The van der Waals surface area contributed by atoms with Crippen molar-refractivity contribution in [3.63, 3.8) is 0 Å². The number of ether oxygens (including phenoxy) is 2. The summed E-state index contributed by atoms with van der Waals surface area (Å²) in [6.45, 7) is 0.574. The molecule has 2 aromatic heterocycles. The monoisotopic (exact) mass is 505 g/mol. The summed E-state index contributed by atoms with van der Waals surface area (Å²) in [4.78, 5) is 13.4. The van der Waals surface area contributed by atoms with E-state index >= 15 is 0 Å². The van der Waals surface area contributed by atoms with Gasteiger partial charge in [-0.25, -0.2) is 15.0 Å². The van der Waals surface area contributed by atoms with Gasteiger partial charge in [0.2, 0.25) is 0 Å². The highest BCUT2D eigenvalue weighted by Gasteiger charge is 2.53. The highest BCUT2D eigenvalue weighted by molar-refractivity contribution is 7.75. The van der Waals surface area contributed by atoms with E-state index in [0.29, 0.717) is 23.6 Å². The summed E-state index contributed by atoms with van der Waals surface area (Å²) < 4.78 is 36.7. The highest BCUT2D eigenvalue weighted by Crippen LogP contribution is 2.40. The number of anilines is 1. The molecule has 7 atom stereocenters. The van der Waals surface area contributed by atoms with Crippen molar-refractivity contribution in [3.05, 3.63) is 48.5 Å². The Morgan fingerprint density at radius 1 is 1.15 bits per heavy atom. The van der Waals surface area contributed by atoms with Crippen molar-refractivity contribution >= 4 is 39.9 Å². The molecule has 3 fully saturated rings. The third-order valence-electron chi connectivity index (χ3n) is 6.53. The van der Waals surface area contributed by atoms with Crippen LogP contribution in [0.5, 0.6) is 0 Å². The summed E-state index contributed by atoms with van der Waals surface area (Å²) in [6, 6.07) is 10.3. The summed E-state index contributed by atoms with van der Waals surface area (Å²) >= 11 is 4.20. The highest BCUT2D eigenvalue weighted by atomic mass is 35.5. The van der Waals surface area contributed by atoms with Crippen LogP contribution in [0.4, 0.5) is 5.82 Å². The average molecular weight is 506 g/mol. The van der Waals surface area contributed by atoms with Crippen LogP contribution < -0.4 is 5.32 Å². The standard InChI is InChI=1S/C22H24ClN5O5S/c23-9-16-18-19(33-34(29)32-18)22(31-16)28-12-26-17-20(24-11-25-21(17)28)27-14-7-4-8-15(14)30-10-13-5-2-1-3-6-13/h1-3,5-6,11-12,14-16,18-19,22H,4,7-10H2,(H,24,25,27)/t14?,15-,16-,18-,19-,22-,34?/m1/s1. The molecule has 0 amide bonds. The summed E-state index contributed by atoms with van der Waals surface area (Å²) in [5.74, 6) is 0.832. The first kappa shape index (κ1) is 22.3. The summed E-state index contributed by atoms with van der Waals surface area (Å²) in [6.07, 6.45) is 4.11. The largest absolute Gasteiger partial charge is 0.371 e. The van der Waals surface area contributed by atoms with E-state index < -0.39 is 35.9 Å². The molecule has 1 aliphatic carbocycles. The predicted octanol–water partition coefficient (Wildman–Crippen LogP) is 2.88. The molecule has 2 saturated heterocycles. The number of nitrogens with one attached hydrogen (secondary N) is 1. The second-order valence-electron chi connectivity index (χ2n) is 8.61. The summed E-state index contributed by atoms with van der Waals surface area (Å²) in [5.41, 5.74) is 2.35. The zero-order valence-corrected chi connectivity index (χ0v) is 19.7. The molecule has 2 unspecified atom stereocenters. The molecule has 0 spiro atoms. The van der Waals surface area contributed by atoms with Crippen molar-refractivity contribution < 1.29 is 22.0 Å². The lowest BCUT2D eigenvalue weighted by molar-refractivity contribution is -0.0246. The number of fused-ring (bicyclic) bond motifs is 2. The Hall–Kier alpha value is -2.15. The van der Waals surface area contributed by atoms with Crippen LogP contribution >= 0.6 is 11.6 Å². The van der Waals surface area contributed by atoms with Crippen LogP contribution in [0.2, 0.25) is 0 Å². The van der Waals surface area contributed by atoms with E-state index in [1.807, 2.05) is 18.2 Å². The van der Waals surface area contributed by atoms with Crippen LogP contribution in [0.25, 0.3) is 11.2 Å². The van der Waals surface area contributed by atoms with Gasteiger partial charge in [0.15, 0.2) is 29.3 Å². The minimum absolute atomic E-state index is 0.0785. The number of halogens is 1. The molecule has 180 valence electrons. The molecule has 1 aromatic carbocycles. The van der Waals surface area contributed by atoms with Crippen LogP contribution in [-0.2, 0) is 35.8 Å². The lowest BCUT2D eigenvalue weighted by atomic mass is 10.1. The Bertz CT molecular complexity index is 1180. The maximum atomic E-state index is 11.8. The molecule has 6 rings (SSSR count). The topological polar surface area (TPSA) is 110 Å². The first-order valence-corrected chi connectivity index (χ1v) is 12.8. The molecule has 1 N–H and O–H groups in total. The molecule has 3 aromatic rings. The van der Waals surface area contributed by atoms with E-state index in [0.717, 1.165) is 24.8 Å². The van der Waals surface area contributed by atoms with Crippen molar-refractivity contribution in [3.8, 4) is 0 Å². The maximum Gasteiger partial charge on any atom is 0.305 e. The molecule has 3 aliphatic rings. The lowest BCUT2D eigenvalue weighted by Gasteiger charge is -2.22. The number of aromatic nitrogens is 4. The third kappa shape index (κ3) is 4.10. The van der Waals surface area contributed by atoms with Gasteiger partial charge in [-0.1, -0.05) is 30.3 Å². The molecule has 2 aliphatic heterocycles. The Kier molecular flexibility index (Phi) is 6.22. The zero-order chi connectivity index (χ0) is 23.1. The van der Waals surface area contributed by atoms with Crippen LogP contribution in [0.1, 0.15) is 31.1 Å². The molecule has 1 saturated carbocycles. The van der Waals surface area contributed by atoms with Crippen LogP contribution in [0, 0.1) is 0 Å². The molecule has 0 radical (unpaired) electrons. The van der Waals surface area contributed by atoms with Gasteiger partial charge in [-0.2, -0.15) is 4.21 Å². The van der Waals surface area contributed by atoms with Gasteiger partial charge in [0.1, 0.15) is 18.5 Å². The van der Waals surface area contributed by atoms with E-state index in [1.54, 1.807) is 10.9 Å². The molecule has 10 nitrogen and oxygen atoms in total. The van der Waals surface area contributed by atoms with Crippen LogP contribution in [-0.4, -0.2) is 60.1 Å². The van der Waals surface area contributed by atoms with E-state index in [1.165, 1.54) is 6.33 Å². The Balaban J connectivity index is 1.21. The number of hydrogen-bond acceptors (Lipinski definition) is 9. The van der Waals surface area contributed by atoms with Gasteiger partial charge in [0.25, 0.3) is 0 Å². The third-order valence-corrected chi connectivity index (χ3v) is 7.59. The van der Waals surface area contributed by atoms with E-state index in [4.69, 9.17) is 29.4 Å². The normalized spacial score (nSPS) is 32.9. The zero-order valence-electron chi connectivity index (χ0n) is 18.2. The second-order valence-corrected chi connectivity index (χ2v) is 9.71. The number of imidazole rings is 1. The Labute approximate surface area is 203 Å². The van der Waals surface area contributed by atoms with Crippen LogP contribution in [0.3, 0.4) is 0 Å². The SMILES string of the molecule is O=S1O[C@@H]2[C@H](O1)[C@@H](CCl)O[C@H]2n1cnc2c(NC3CCC[C@H]3OCc3ccccc3)ncnc21. The number of alkyl halides is 1. The van der Waals surface area contributed by atoms with Gasteiger partial charge < -0.3 is 14.8 Å². The fourth-order valence-electron chi connectivity index (χ4n) is 4.87. The Morgan fingerprint density at radius 3 is 2.85 bits per heavy atom. The van der Waals surface area contributed by atoms with E-state index in [2.05, 4.69) is 32.4 Å².